The smallest absolute Gasteiger partial charge is 0.199 e. The molecule has 0 bridgehead atoms. The van der Waals surface area contributed by atoms with E-state index in [9.17, 15) is 8.42 Å². The molecule has 0 aromatic heterocycles. The summed E-state index contributed by atoms with van der Waals surface area (Å²) in [4.78, 5) is 0.0290. The monoisotopic (exact) mass is 347 g/mol. The highest BCUT2D eigenvalue weighted by Crippen LogP contribution is 2.22. The SMILES string of the molecule is O=S(=O)(/N=C/c1ccc(Cl)c(Cl)c1)c1cccc(Cl)c1. The van der Waals surface area contributed by atoms with Gasteiger partial charge in [-0.05, 0) is 35.9 Å². The molecule has 0 aliphatic heterocycles. The Morgan fingerprint density at radius 2 is 1.70 bits per heavy atom. The van der Waals surface area contributed by atoms with Crippen LogP contribution in [0.25, 0.3) is 0 Å². The van der Waals surface area contributed by atoms with Crippen molar-refractivity contribution in [3.63, 3.8) is 0 Å². The maximum Gasteiger partial charge on any atom is 0.282 e. The molecule has 7 heteroatoms. The summed E-state index contributed by atoms with van der Waals surface area (Å²) in [6.45, 7) is 0. The number of benzene rings is 2. The van der Waals surface area contributed by atoms with Crippen molar-refractivity contribution in [2.45, 2.75) is 4.90 Å². The molecule has 0 spiro atoms. The van der Waals surface area contributed by atoms with Gasteiger partial charge in [-0.15, -0.1) is 0 Å². The molecule has 0 heterocycles. The average Bonchev–Trinajstić information content (AvgIpc) is 2.40. The molecule has 0 atom stereocenters. The molecular weight excluding hydrogens is 341 g/mol. The van der Waals surface area contributed by atoms with Crippen LogP contribution in [-0.4, -0.2) is 14.6 Å². The Kier molecular flexibility index (Phi) is 4.70. The summed E-state index contributed by atoms with van der Waals surface area (Å²) in [5.74, 6) is 0. The Morgan fingerprint density at radius 1 is 0.950 bits per heavy atom. The molecule has 2 aromatic rings. The number of hydrogen-bond donors (Lipinski definition) is 0. The van der Waals surface area contributed by atoms with Crippen molar-refractivity contribution in [2.24, 2.45) is 4.40 Å². The van der Waals surface area contributed by atoms with Gasteiger partial charge in [-0.1, -0.05) is 46.9 Å². The van der Waals surface area contributed by atoms with Crippen LogP contribution in [0.15, 0.2) is 51.8 Å². The second-order valence-corrected chi connectivity index (χ2v) is 6.72. The maximum absolute atomic E-state index is 12.0. The number of halogens is 3. The van der Waals surface area contributed by atoms with Gasteiger partial charge >= 0.3 is 0 Å². The van der Waals surface area contributed by atoms with Crippen LogP contribution in [0.1, 0.15) is 5.56 Å². The molecule has 0 aliphatic rings. The van der Waals surface area contributed by atoms with E-state index in [0.717, 1.165) is 0 Å². The molecule has 0 aliphatic carbocycles. The van der Waals surface area contributed by atoms with Crippen LogP contribution in [0.4, 0.5) is 0 Å². The molecule has 0 saturated carbocycles. The summed E-state index contributed by atoms with van der Waals surface area (Å²) >= 11 is 17.4. The summed E-state index contributed by atoms with van der Waals surface area (Å²) in [5, 5.41) is 1.05. The molecular formula is C13H8Cl3NO2S. The summed E-state index contributed by atoms with van der Waals surface area (Å²) < 4.78 is 27.6. The molecule has 0 amide bonds. The molecule has 2 rings (SSSR count). The first kappa shape index (κ1) is 15.3. The van der Waals surface area contributed by atoms with Crippen LogP contribution in [0.3, 0.4) is 0 Å². The fourth-order valence-electron chi connectivity index (χ4n) is 1.41. The van der Waals surface area contributed by atoms with Gasteiger partial charge in [-0.3, -0.25) is 0 Å². The van der Waals surface area contributed by atoms with E-state index in [1.165, 1.54) is 24.4 Å². The summed E-state index contributed by atoms with van der Waals surface area (Å²) in [7, 11) is -3.80. The Bertz CT molecular complexity index is 773. The lowest BCUT2D eigenvalue weighted by Gasteiger charge is -2.00. The Balaban J connectivity index is 2.32. The number of sulfonamides is 1. The molecule has 20 heavy (non-hydrogen) atoms. The highest BCUT2D eigenvalue weighted by Gasteiger charge is 2.11. The third-order valence-electron chi connectivity index (χ3n) is 2.38. The lowest BCUT2D eigenvalue weighted by Crippen LogP contribution is -1.97. The fraction of sp³-hybridized carbons (Fsp3) is 0. The first-order valence-electron chi connectivity index (χ1n) is 5.39. The molecule has 0 saturated heterocycles. The zero-order valence-electron chi connectivity index (χ0n) is 9.92. The maximum atomic E-state index is 12.0. The minimum Gasteiger partial charge on any atom is -0.199 e. The van der Waals surface area contributed by atoms with Crippen molar-refractivity contribution in [2.75, 3.05) is 0 Å². The predicted molar refractivity (Wildman–Crippen MR) is 82.7 cm³/mol. The minimum absolute atomic E-state index is 0.0290. The molecule has 104 valence electrons. The van der Waals surface area contributed by atoms with Crippen molar-refractivity contribution >= 4 is 51.0 Å². The lowest BCUT2D eigenvalue weighted by molar-refractivity contribution is 0.598. The van der Waals surface area contributed by atoms with Crippen LogP contribution in [0.5, 0.6) is 0 Å². The lowest BCUT2D eigenvalue weighted by atomic mass is 10.2. The quantitative estimate of drug-likeness (QED) is 0.769. The summed E-state index contributed by atoms with van der Waals surface area (Å²) in [5.41, 5.74) is 0.532. The summed E-state index contributed by atoms with van der Waals surface area (Å²) in [6.07, 6.45) is 1.21. The zero-order valence-corrected chi connectivity index (χ0v) is 13.0. The van der Waals surface area contributed by atoms with Crippen LogP contribution in [0, 0.1) is 0 Å². The van der Waals surface area contributed by atoms with Gasteiger partial charge in [0.1, 0.15) is 0 Å². The van der Waals surface area contributed by atoms with E-state index in [0.29, 0.717) is 20.6 Å². The van der Waals surface area contributed by atoms with Gasteiger partial charge in [-0.25, -0.2) is 0 Å². The van der Waals surface area contributed by atoms with Crippen molar-refractivity contribution in [3.8, 4) is 0 Å². The van der Waals surface area contributed by atoms with E-state index >= 15 is 0 Å². The highest BCUT2D eigenvalue weighted by atomic mass is 35.5. The van der Waals surface area contributed by atoms with Gasteiger partial charge < -0.3 is 0 Å². The van der Waals surface area contributed by atoms with Gasteiger partial charge in [0.2, 0.25) is 0 Å². The van der Waals surface area contributed by atoms with E-state index in [4.69, 9.17) is 34.8 Å². The van der Waals surface area contributed by atoms with E-state index in [2.05, 4.69) is 4.40 Å². The van der Waals surface area contributed by atoms with Gasteiger partial charge in [0.05, 0.1) is 14.9 Å². The third-order valence-corrected chi connectivity index (χ3v) is 4.58. The second kappa shape index (κ2) is 6.14. The average molecular weight is 349 g/mol. The second-order valence-electron chi connectivity index (χ2n) is 3.84. The number of rotatable bonds is 3. The van der Waals surface area contributed by atoms with Crippen LogP contribution in [0.2, 0.25) is 15.1 Å². The first-order valence-corrected chi connectivity index (χ1v) is 7.97. The predicted octanol–water partition coefficient (Wildman–Crippen LogP) is 4.45. The van der Waals surface area contributed by atoms with Crippen molar-refractivity contribution in [1.82, 2.24) is 0 Å². The van der Waals surface area contributed by atoms with Crippen LogP contribution < -0.4 is 0 Å². The van der Waals surface area contributed by atoms with Gasteiger partial charge in [0, 0.05) is 11.2 Å². The minimum atomic E-state index is -3.80. The number of hydrogen-bond acceptors (Lipinski definition) is 2. The molecule has 0 radical (unpaired) electrons. The Labute approximate surface area is 131 Å². The van der Waals surface area contributed by atoms with Crippen LogP contribution >= 0.6 is 34.8 Å². The molecule has 0 unspecified atom stereocenters. The summed E-state index contributed by atoms with van der Waals surface area (Å²) in [6, 6.07) is 10.6. The van der Waals surface area contributed by atoms with Crippen molar-refractivity contribution < 1.29 is 8.42 Å². The molecule has 0 N–H and O–H groups in total. The van der Waals surface area contributed by atoms with Crippen LogP contribution in [-0.2, 0) is 10.0 Å². The largest absolute Gasteiger partial charge is 0.282 e. The van der Waals surface area contributed by atoms with Crippen molar-refractivity contribution in [1.29, 1.82) is 0 Å². The molecule has 2 aromatic carbocycles. The Hall–Kier alpha value is -1.07. The molecule has 3 nitrogen and oxygen atoms in total. The van der Waals surface area contributed by atoms with Gasteiger partial charge in [-0.2, -0.15) is 12.8 Å². The fourth-order valence-corrected chi connectivity index (χ4v) is 2.88. The molecule has 0 fully saturated rings. The highest BCUT2D eigenvalue weighted by molar-refractivity contribution is 7.90. The Morgan fingerprint density at radius 3 is 2.35 bits per heavy atom. The van der Waals surface area contributed by atoms with E-state index in [-0.39, 0.29) is 4.90 Å². The van der Waals surface area contributed by atoms with E-state index in [1.54, 1.807) is 24.3 Å². The normalized spacial score (nSPS) is 11.9. The standard InChI is InChI=1S/C13H8Cl3NO2S/c14-10-2-1-3-11(7-10)20(18,19)17-8-9-4-5-12(15)13(16)6-9/h1-8H/b17-8+. The first-order chi connectivity index (χ1) is 9.38. The topological polar surface area (TPSA) is 46.5 Å². The van der Waals surface area contributed by atoms with Crippen molar-refractivity contribution in [3.05, 3.63) is 63.1 Å². The zero-order chi connectivity index (χ0) is 14.8. The van der Waals surface area contributed by atoms with E-state index < -0.39 is 10.0 Å². The van der Waals surface area contributed by atoms with Gasteiger partial charge in [0.15, 0.2) is 0 Å². The third kappa shape index (κ3) is 3.73. The number of nitrogens with zero attached hydrogens (tertiary/aromatic N) is 1. The van der Waals surface area contributed by atoms with E-state index in [1.807, 2.05) is 0 Å². The van der Waals surface area contributed by atoms with Gasteiger partial charge in [0.25, 0.3) is 10.0 Å².